The molecule has 0 bridgehead atoms. The molecule has 240 valence electrons. The number of aliphatic hydroxyl groups excluding tert-OH is 3. The number of hydrogen-bond donors (Lipinski definition) is 4. The predicted octanol–water partition coefficient (Wildman–Crippen LogP) is 9.15. The molecule has 0 fully saturated rings. The highest BCUT2D eigenvalue weighted by Gasteiger charge is 2.26. The number of amides is 1. The van der Waals surface area contributed by atoms with Gasteiger partial charge in [0, 0.05) is 6.42 Å². The van der Waals surface area contributed by atoms with E-state index in [4.69, 9.17) is 0 Å². The number of hydrogen-bond acceptors (Lipinski definition) is 4. The highest BCUT2D eigenvalue weighted by molar-refractivity contribution is 5.76. The van der Waals surface area contributed by atoms with Crippen molar-refractivity contribution in [3.63, 3.8) is 0 Å². The zero-order valence-corrected chi connectivity index (χ0v) is 27.0. The van der Waals surface area contributed by atoms with E-state index >= 15 is 0 Å². The molecule has 0 radical (unpaired) electrons. The lowest BCUT2D eigenvalue weighted by Crippen LogP contribution is -2.50. The third-order valence-electron chi connectivity index (χ3n) is 8.46. The molecule has 40 heavy (non-hydrogen) atoms. The molecule has 3 atom stereocenters. The number of aliphatic hydroxyl groups is 3. The molecule has 0 aromatic rings. The van der Waals surface area contributed by atoms with Crippen molar-refractivity contribution in [1.29, 1.82) is 0 Å². The van der Waals surface area contributed by atoms with Crippen LogP contribution in [0.5, 0.6) is 0 Å². The van der Waals surface area contributed by atoms with Gasteiger partial charge >= 0.3 is 0 Å². The van der Waals surface area contributed by atoms with Gasteiger partial charge in [-0.15, -0.1) is 0 Å². The minimum Gasteiger partial charge on any atom is -0.394 e. The second kappa shape index (κ2) is 31.3. The fraction of sp³-hybridized carbons (Fsp3) is 0.971. The van der Waals surface area contributed by atoms with Crippen LogP contribution in [0.1, 0.15) is 194 Å². The summed E-state index contributed by atoms with van der Waals surface area (Å²) in [5, 5.41) is 33.3. The van der Waals surface area contributed by atoms with Crippen molar-refractivity contribution in [1.82, 2.24) is 5.32 Å². The van der Waals surface area contributed by atoms with Gasteiger partial charge < -0.3 is 20.6 Å². The Hall–Kier alpha value is -0.650. The number of rotatable bonds is 32. The normalized spacial score (nSPS) is 13.8. The number of unbranched alkanes of at least 4 members (excludes halogenated alkanes) is 24. The van der Waals surface area contributed by atoms with Gasteiger partial charge in [0.05, 0.1) is 18.8 Å². The lowest BCUT2D eigenvalue weighted by molar-refractivity contribution is -0.124. The van der Waals surface area contributed by atoms with Crippen LogP contribution in [0.25, 0.3) is 0 Å². The van der Waals surface area contributed by atoms with Gasteiger partial charge in [-0.25, -0.2) is 0 Å². The van der Waals surface area contributed by atoms with Gasteiger partial charge in [0.2, 0.25) is 5.91 Å². The van der Waals surface area contributed by atoms with E-state index in [2.05, 4.69) is 19.2 Å². The lowest BCUT2D eigenvalue weighted by atomic mass is 9.99. The zero-order valence-electron chi connectivity index (χ0n) is 27.0. The summed E-state index contributed by atoms with van der Waals surface area (Å²) in [6.07, 6.45) is 31.9. The van der Waals surface area contributed by atoms with Gasteiger partial charge in [0.15, 0.2) is 0 Å². The monoisotopic (exact) mass is 570 g/mol. The highest BCUT2D eigenvalue weighted by Crippen LogP contribution is 2.16. The van der Waals surface area contributed by atoms with Crippen LogP contribution < -0.4 is 5.32 Å². The molecule has 1 amide bonds. The molecule has 0 saturated carbocycles. The molecule has 0 spiro atoms. The van der Waals surface area contributed by atoms with Gasteiger partial charge in [-0.2, -0.15) is 0 Å². The van der Waals surface area contributed by atoms with Gasteiger partial charge in [-0.3, -0.25) is 4.79 Å². The molecule has 5 heteroatoms. The van der Waals surface area contributed by atoms with Crippen LogP contribution in [-0.4, -0.2) is 46.1 Å². The van der Waals surface area contributed by atoms with E-state index in [1.807, 2.05) is 0 Å². The summed E-state index contributed by atoms with van der Waals surface area (Å²) < 4.78 is 0. The van der Waals surface area contributed by atoms with Crippen LogP contribution in [0, 0.1) is 0 Å². The van der Waals surface area contributed by atoms with Crippen LogP contribution in [0.2, 0.25) is 0 Å². The van der Waals surface area contributed by atoms with E-state index < -0.39 is 18.2 Å². The van der Waals surface area contributed by atoms with Gasteiger partial charge in [0.1, 0.15) is 6.10 Å². The molecule has 0 aliphatic heterocycles. The van der Waals surface area contributed by atoms with Crippen LogP contribution in [0.4, 0.5) is 0 Å². The molecule has 0 rings (SSSR count). The van der Waals surface area contributed by atoms with Crippen LogP contribution >= 0.6 is 0 Å². The summed E-state index contributed by atoms with van der Waals surface area (Å²) >= 11 is 0. The Morgan fingerprint density at radius 2 is 0.850 bits per heavy atom. The highest BCUT2D eigenvalue weighted by atomic mass is 16.3. The number of carbonyl (C=O) groups is 1. The third-order valence-corrected chi connectivity index (χ3v) is 8.46. The fourth-order valence-electron chi connectivity index (χ4n) is 5.63. The Balaban J connectivity index is 3.67. The first-order valence-electron chi connectivity index (χ1n) is 17.8. The molecule has 0 aromatic heterocycles. The van der Waals surface area contributed by atoms with Gasteiger partial charge in [0.25, 0.3) is 0 Å². The third kappa shape index (κ3) is 26.3. The SMILES string of the molecule is CCCCCCCCCCCCCCCCCC(O)C(O)C(CO)NC(=O)CCCCCCCCCCCCC. The Labute approximate surface area is 249 Å². The van der Waals surface area contributed by atoms with Gasteiger partial charge in [-0.1, -0.05) is 174 Å². The average Bonchev–Trinajstić information content (AvgIpc) is 2.96. The van der Waals surface area contributed by atoms with E-state index in [1.54, 1.807) is 0 Å². The quantitative estimate of drug-likeness (QED) is 0.0608. The Kier molecular flexibility index (Phi) is 30.8. The minimum absolute atomic E-state index is 0.145. The predicted molar refractivity (Wildman–Crippen MR) is 172 cm³/mol. The van der Waals surface area contributed by atoms with E-state index in [9.17, 15) is 20.1 Å². The number of carbonyl (C=O) groups excluding carboxylic acids is 1. The zero-order chi connectivity index (χ0) is 29.5. The molecule has 0 heterocycles. The van der Waals surface area contributed by atoms with Crippen molar-refractivity contribution in [2.75, 3.05) is 6.61 Å². The molecule has 0 aliphatic carbocycles. The summed E-state index contributed by atoms with van der Waals surface area (Å²) in [5.41, 5.74) is 0. The standard InChI is InChI=1S/C35H71NO4/c1-3-5-7-9-11-13-15-16-17-18-20-21-23-25-27-29-33(38)35(40)32(31-37)36-34(39)30-28-26-24-22-19-14-12-10-8-6-4-2/h32-33,35,37-38,40H,3-31H2,1-2H3,(H,36,39). The first kappa shape index (κ1) is 39.4. The summed E-state index contributed by atoms with van der Waals surface area (Å²) in [4.78, 5) is 12.3. The molecule has 0 aromatic carbocycles. The second-order valence-electron chi connectivity index (χ2n) is 12.4. The molecule has 4 N–H and O–H groups in total. The minimum atomic E-state index is -1.13. The second-order valence-corrected chi connectivity index (χ2v) is 12.4. The maximum atomic E-state index is 12.3. The van der Waals surface area contributed by atoms with Crippen molar-refractivity contribution in [2.24, 2.45) is 0 Å². The van der Waals surface area contributed by atoms with Crippen LogP contribution in [-0.2, 0) is 4.79 Å². The smallest absolute Gasteiger partial charge is 0.220 e. The number of nitrogens with one attached hydrogen (secondary N) is 1. The molecular formula is C35H71NO4. The first-order valence-corrected chi connectivity index (χ1v) is 17.8. The van der Waals surface area contributed by atoms with E-state index in [0.29, 0.717) is 12.8 Å². The Morgan fingerprint density at radius 3 is 1.20 bits per heavy atom. The Bertz CT molecular complexity index is 516. The Morgan fingerprint density at radius 1 is 0.525 bits per heavy atom. The molecule has 0 aliphatic rings. The van der Waals surface area contributed by atoms with Crippen molar-refractivity contribution in [3.05, 3.63) is 0 Å². The van der Waals surface area contributed by atoms with E-state index in [1.165, 1.54) is 135 Å². The molecule has 0 saturated heterocycles. The summed E-state index contributed by atoms with van der Waals surface area (Å²) in [7, 11) is 0. The van der Waals surface area contributed by atoms with Crippen molar-refractivity contribution < 1.29 is 20.1 Å². The van der Waals surface area contributed by atoms with E-state index in [0.717, 1.165) is 32.1 Å². The first-order chi connectivity index (χ1) is 19.6. The largest absolute Gasteiger partial charge is 0.394 e. The maximum Gasteiger partial charge on any atom is 0.220 e. The maximum absolute atomic E-state index is 12.3. The summed E-state index contributed by atoms with van der Waals surface area (Å²) in [6, 6.07) is -0.799. The fourth-order valence-corrected chi connectivity index (χ4v) is 5.63. The molecule has 3 unspecified atom stereocenters. The molecular weight excluding hydrogens is 498 g/mol. The van der Waals surface area contributed by atoms with Crippen molar-refractivity contribution in [3.8, 4) is 0 Å². The van der Waals surface area contributed by atoms with Crippen LogP contribution in [0.3, 0.4) is 0 Å². The topological polar surface area (TPSA) is 89.8 Å². The summed E-state index contributed by atoms with van der Waals surface area (Å²) in [5.74, 6) is -0.145. The lowest BCUT2D eigenvalue weighted by Gasteiger charge is -2.26. The van der Waals surface area contributed by atoms with Gasteiger partial charge in [-0.05, 0) is 12.8 Å². The van der Waals surface area contributed by atoms with Crippen molar-refractivity contribution in [2.45, 2.75) is 212 Å². The van der Waals surface area contributed by atoms with Crippen molar-refractivity contribution >= 4 is 5.91 Å². The summed E-state index contributed by atoms with van der Waals surface area (Å²) in [6.45, 7) is 4.16. The van der Waals surface area contributed by atoms with E-state index in [-0.39, 0.29) is 12.5 Å². The molecule has 5 nitrogen and oxygen atoms in total. The average molecular weight is 570 g/mol. The van der Waals surface area contributed by atoms with Crippen LogP contribution in [0.15, 0.2) is 0 Å².